The van der Waals surface area contributed by atoms with Crippen LogP contribution in [0.4, 0.5) is 0 Å². The van der Waals surface area contributed by atoms with Crippen molar-refractivity contribution in [2.75, 3.05) is 0 Å². The Balaban J connectivity index is 0.000000167. The minimum absolute atomic E-state index is 1.21. The SMILES string of the molecule is C=C/C(=C(C)\C=C/C)c1ccc2ccc3c4ccccc4sc3c2c1C.Cc1cc(-c2ccccc2)cc(-c2ccccc2)c1. The Bertz CT molecular complexity index is 2130. The third-order valence-electron chi connectivity index (χ3n) is 8.42. The van der Waals surface area contributed by atoms with Crippen molar-refractivity contribution in [2.24, 2.45) is 0 Å². The third-order valence-corrected chi connectivity index (χ3v) is 9.62. The summed E-state index contributed by atoms with van der Waals surface area (Å²) >= 11 is 1.90. The van der Waals surface area contributed by atoms with Crippen LogP contribution in [-0.2, 0) is 0 Å². The van der Waals surface area contributed by atoms with Gasteiger partial charge in [-0.25, -0.2) is 0 Å². The van der Waals surface area contributed by atoms with Crippen LogP contribution in [0.1, 0.15) is 30.5 Å². The van der Waals surface area contributed by atoms with E-state index in [2.05, 4.69) is 174 Å². The number of fused-ring (bicyclic) bond motifs is 5. The van der Waals surface area contributed by atoms with Gasteiger partial charge in [0, 0.05) is 25.6 Å². The van der Waals surface area contributed by atoms with Crippen molar-refractivity contribution in [2.45, 2.75) is 27.7 Å². The zero-order valence-corrected chi connectivity index (χ0v) is 27.3. The van der Waals surface area contributed by atoms with Crippen LogP contribution >= 0.6 is 11.3 Å². The highest BCUT2D eigenvalue weighted by Gasteiger charge is 2.13. The number of rotatable bonds is 5. The second-order valence-corrected chi connectivity index (χ2v) is 12.5. The Morgan fingerprint density at radius 1 is 0.644 bits per heavy atom. The van der Waals surface area contributed by atoms with Crippen LogP contribution in [0, 0.1) is 13.8 Å². The van der Waals surface area contributed by atoms with Crippen LogP contribution in [0.2, 0.25) is 0 Å². The molecular weight excluding hydrogens is 561 g/mol. The summed E-state index contributed by atoms with van der Waals surface area (Å²) in [5, 5.41) is 5.38. The minimum atomic E-state index is 1.21. The first-order valence-electron chi connectivity index (χ1n) is 15.5. The number of aryl methyl sites for hydroxylation is 2. The molecule has 1 heterocycles. The molecule has 1 aromatic heterocycles. The molecule has 0 aliphatic carbocycles. The maximum Gasteiger partial charge on any atom is 0.0436 e. The molecule has 0 amide bonds. The summed E-state index contributed by atoms with van der Waals surface area (Å²) in [6.07, 6.45) is 6.22. The first kappa shape index (κ1) is 30.1. The smallest absolute Gasteiger partial charge is 0.0436 e. The minimum Gasteiger partial charge on any atom is -0.135 e. The molecule has 0 N–H and O–H groups in total. The van der Waals surface area contributed by atoms with Crippen LogP contribution in [0.3, 0.4) is 0 Å². The van der Waals surface area contributed by atoms with Gasteiger partial charge in [0.15, 0.2) is 0 Å². The van der Waals surface area contributed by atoms with E-state index in [9.17, 15) is 0 Å². The highest BCUT2D eigenvalue weighted by Crippen LogP contribution is 2.41. The zero-order chi connectivity index (χ0) is 31.3. The standard InChI is InChI=1S/C25H22S.C19H16/c1-5-9-16(3)19(6-2)20-14-12-18-13-15-22-21-10-7-8-11-23(21)26-25(22)24(18)17(20)4;1-15-12-18(16-8-4-2-5-9-16)14-19(13-15)17-10-6-3-7-11-17/h5-15H,2H2,1,3-4H3;2-14H,1H3/b9-5-,19-16+;. The molecule has 220 valence electrons. The average molecular weight is 599 g/mol. The van der Waals surface area contributed by atoms with Crippen LogP contribution in [0.15, 0.2) is 158 Å². The molecule has 0 fully saturated rings. The molecule has 0 atom stereocenters. The second-order valence-electron chi connectivity index (χ2n) is 11.5. The lowest BCUT2D eigenvalue weighted by Gasteiger charge is -2.13. The normalized spacial score (nSPS) is 11.9. The van der Waals surface area contributed by atoms with Crippen molar-refractivity contribution < 1.29 is 0 Å². The van der Waals surface area contributed by atoms with Gasteiger partial charge in [0.25, 0.3) is 0 Å². The molecular formula is C44H38S. The van der Waals surface area contributed by atoms with Crippen LogP contribution in [0.5, 0.6) is 0 Å². The number of thiophene rings is 1. The topological polar surface area (TPSA) is 0 Å². The molecule has 0 radical (unpaired) electrons. The molecule has 7 aromatic rings. The first-order valence-corrected chi connectivity index (χ1v) is 16.3. The van der Waals surface area contributed by atoms with E-state index in [-0.39, 0.29) is 0 Å². The summed E-state index contributed by atoms with van der Waals surface area (Å²) in [6.45, 7) is 12.7. The summed E-state index contributed by atoms with van der Waals surface area (Å²) in [7, 11) is 0. The van der Waals surface area contributed by atoms with E-state index >= 15 is 0 Å². The molecule has 6 aromatic carbocycles. The fourth-order valence-corrected chi connectivity index (χ4v) is 7.57. The van der Waals surface area contributed by atoms with Crippen LogP contribution < -0.4 is 0 Å². The molecule has 0 saturated heterocycles. The van der Waals surface area contributed by atoms with E-state index in [1.54, 1.807) is 0 Å². The first-order chi connectivity index (χ1) is 22.0. The molecule has 0 aliphatic heterocycles. The van der Waals surface area contributed by atoms with Gasteiger partial charge < -0.3 is 0 Å². The molecule has 0 nitrogen and oxygen atoms in total. The van der Waals surface area contributed by atoms with Crippen molar-refractivity contribution >= 4 is 47.9 Å². The van der Waals surface area contributed by atoms with Gasteiger partial charge >= 0.3 is 0 Å². The summed E-state index contributed by atoms with van der Waals surface area (Å²) < 4.78 is 2.74. The largest absolute Gasteiger partial charge is 0.135 e. The van der Waals surface area contributed by atoms with Gasteiger partial charge in [0.1, 0.15) is 0 Å². The lowest BCUT2D eigenvalue weighted by molar-refractivity contribution is 1.44. The molecule has 0 spiro atoms. The van der Waals surface area contributed by atoms with Crippen LogP contribution in [-0.4, -0.2) is 0 Å². The number of allylic oxidation sites excluding steroid dienone is 5. The van der Waals surface area contributed by atoms with E-state index < -0.39 is 0 Å². The summed E-state index contributed by atoms with van der Waals surface area (Å²) in [5.74, 6) is 0. The van der Waals surface area contributed by atoms with E-state index in [1.807, 2.05) is 17.4 Å². The van der Waals surface area contributed by atoms with Crippen LogP contribution in [0.25, 0.3) is 58.8 Å². The highest BCUT2D eigenvalue weighted by molar-refractivity contribution is 7.26. The van der Waals surface area contributed by atoms with Crippen molar-refractivity contribution in [3.8, 4) is 22.3 Å². The Morgan fingerprint density at radius 2 is 1.24 bits per heavy atom. The summed E-state index contributed by atoms with van der Waals surface area (Å²) in [6, 6.07) is 45.5. The lowest BCUT2D eigenvalue weighted by atomic mass is 9.91. The van der Waals surface area contributed by atoms with E-state index in [0.717, 1.165) is 0 Å². The predicted molar refractivity (Wildman–Crippen MR) is 201 cm³/mol. The summed E-state index contributed by atoms with van der Waals surface area (Å²) in [5.41, 5.74) is 11.4. The Kier molecular flexibility index (Phi) is 8.91. The molecule has 0 unspecified atom stereocenters. The zero-order valence-electron chi connectivity index (χ0n) is 26.5. The predicted octanol–water partition coefficient (Wildman–Crippen LogP) is 13.4. The van der Waals surface area contributed by atoms with E-state index in [1.165, 1.54) is 81.0 Å². The van der Waals surface area contributed by atoms with Gasteiger partial charge in [-0.1, -0.05) is 140 Å². The third kappa shape index (κ3) is 6.18. The molecule has 1 heteroatoms. The molecule has 45 heavy (non-hydrogen) atoms. The van der Waals surface area contributed by atoms with Gasteiger partial charge in [-0.15, -0.1) is 11.3 Å². The molecule has 0 saturated carbocycles. The maximum atomic E-state index is 4.07. The highest BCUT2D eigenvalue weighted by atomic mass is 32.1. The number of hydrogen-bond acceptors (Lipinski definition) is 1. The average Bonchev–Trinajstić information content (AvgIpc) is 3.46. The van der Waals surface area contributed by atoms with Gasteiger partial charge in [0.05, 0.1) is 0 Å². The van der Waals surface area contributed by atoms with Crippen molar-refractivity contribution in [3.05, 3.63) is 174 Å². The van der Waals surface area contributed by atoms with Gasteiger partial charge in [-0.3, -0.25) is 0 Å². The van der Waals surface area contributed by atoms with Gasteiger partial charge in [-0.05, 0) is 95.3 Å². The summed E-state index contributed by atoms with van der Waals surface area (Å²) in [4.78, 5) is 0. The molecule has 0 aliphatic rings. The fraction of sp³-hybridized carbons (Fsp3) is 0.0909. The van der Waals surface area contributed by atoms with E-state index in [0.29, 0.717) is 0 Å². The monoisotopic (exact) mass is 598 g/mol. The Hall–Kier alpha value is -4.98. The lowest BCUT2D eigenvalue weighted by Crippen LogP contribution is -1.91. The Labute approximate surface area is 271 Å². The molecule has 0 bridgehead atoms. The maximum absolute atomic E-state index is 4.07. The van der Waals surface area contributed by atoms with Gasteiger partial charge in [0.2, 0.25) is 0 Å². The van der Waals surface area contributed by atoms with Crippen molar-refractivity contribution in [3.63, 3.8) is 0 Å². The number of benzene rings is 6. The molecule has 7 rings (SSSR count). The fourth-order valence-electron chi connectivity index (χ4n) is 6.26. The van der Waals surface area contributed by atoms with E-state index in [4.69, 9.17) is 0 Å². The Morgan fingerprint density at radius 3 is 1.87 bits per heavy atom. The van der Waals surface area contributed by atoms with Crippen molar-refractivity contribution in [1.29, 1.82) is 0 Å². The van der Waals surface area contributed by atoms with Crippen molar-refractivity contribution in [1.82, 2.24) is 0 Å². The van der Waals surface area contributed by atoms with Gasteiger partial charge in [-0.2, -0.15) is 0 Å². The quantitative estimate of drug-likeness (QED) is 0.173. The second kappa shape index (κ2) is 13.3. The number of hydrogen-bond donors (Lipinski definition) is 0.